The lowest BCUT2D eigenvalue weighted by Crippen LogP contribution is -2.12. The monoisotopic (exact) mass is 412 g/mol. The molecule has 0 atom stereocenters. The van der Waals surface area contributed by atoms with Crippen molar-refractivity contribution in [3.8, 4) is 5.75 Å². The number of nitrogens with two attached hydrogens (primary N) is 1. The Hall–Kier alpha value is -1.56. The molecule has 130 valence electrons. The summed E-state index contributed by atoms with van der Waals surface area (Å²) in [5, 5.41) is 2.90. The van der Waals surface area contributed by atoms with Crippen LogP contribution in [-0.2, 0) is 11.2 Å². The van der Waals surface area contributed by atoms with Gasteiger partial charge in [0.15, 0.2) is 0 Å². The van der Waals surface area contributed by atoms with E-state index in [1.165, 1.54) is 5.56 Å². The first-order chi connectivity index (χ1) is 11.2. The van der Waals surface area contributed by atoms with Crippen molar-refractivity contribution in [2.75, 3.05) is 18.5 Å². The number of hydrogen-bond acceptors (Lipinski definition) is 3. The van der Waals surface area contributed by atoms with Crippen LogP contribution in [0, 0.1) is 0 Å². The summed E-state index contributed by atoms with van der Waals surface area (Å²) in [4.78, 5) is 12.0. The summed E-state index contributed by atoms with van der Waals surface area (Å²) in [6, 6.07) is 15.4. The molecule has 0 spiro atoms. The average molecular weight is 414 g/mol. The van der Waals surface area contributed by atoms with Crippen molar-refractivity contribution < 1.29 is 9.53 Å². The lowest BCUT2D eigenvalue weighted by Gasteiger charge is -2.08. The third-order valence-electron chi connectivity index (χ3n) is 3.33. The summed E-state index contributed by atoms with van der Waals surface area (Å²) in [5.41, 5.74) is 7.38. The lowest BCUT2D eigenvalue weighted by molar-refractivity contribution is -0.116. The minimum Gasteiger partial charge on any atom is -0.492 e. The third kappa shape index (κ3) is 6.91. The molecule has 0 aliphatic carbocycles. The Morgan fingerprint density at radius 2 is 1.83 bits per heavy atom. The molecule has 3 N–H and O–H groups in total. The van der Waals surface area contributed by atoms with Gasteiger partial charge in [-0.15, -0.1) is 12.4 Å². The molecule has 0 unspecified atom stereocenters. The predicted molar refractivity (Wildman–Crippen MR) is 104 cm³/mol. The van der Waals surface area contributed by atoms with Gasteiger partial charge in [-0.25, -0.2) is 0 Å². The molecular formula is C18H22BrClN2O2. The van der Waals surface area contributed by atoms with Crippen LogP contribution >= 0.6 is 28.3 Å². The number of benzene rings is 2. The van der Waals surface area contributed by atoms with E-state index in [9.17, 15) is 4.79 Å². The van der Waals surface area contributed by atoms with Gasteiger partial charge in [0.05, 0.1) is 0 Å². The minimum atomic E-state index is 0. The normalized spacial score (nSPS) is 9.92. The van der Waals surface area contributed by atoms with Crippen molar-refractivity contribution in [3.63, 3.8) is 0 Å². The Bertz CT molecular complexity index is 635. The number of hydrogen-bond donors (Lipinski definition) is 2. The fraction of sp³-hybridized carbons (Fsp3) is 0.278. The Balaban J connectivity index is 0.00000288. The highest BCUT2D eigenvalue weighted by molar-refractivity contribution is 9.10. The Morgan fingerprint density at radius 1 is 1.12 bits per heavy atom. The molecule has 1 amide bonds. The predicted octanol–water partition coefficient (Wildman–Crippen LogP) is 4.17. The third-order valence-corrected chi connectivity index (χ3v) is 4.11. The fourth-order valence-electron chi connectivity index (χ4n) is 2.18. The Kier molecular flexibility index (Phi) is 9.45. The minimum absolute atomic E-state index is 0. The standard InChI is InChI=1S/C18H21BrN2O2.ClH/c19-17-6-2-1-4-14(17)5-3-7-18(22)21-15-8-10-16(11-9-15)23-13-12-20;/h1-2,4,6,8-11H,3,5,7,12-13,20H2,(H,21,22);1H. The molecule has 0 bridgehead atoms. The summed E-state index contributed by atoms with van der Waals surface area (Å²) < 4.78 is 6.49. The van der Waals surface area contributed by atoms with Crippen molar-refractivity contribution in [1.82, 2.24) is 0 Å². The zero-order valence-electron chi connectivity index (χ0n) is 13.3. The van der Waals surface area contributed by atoms with E-state index >= 15 is 0 Å². The molecular weight excluding hydrogens is 392 g/mol. The van der Waals surface area contributed by atoms with E-state index in [0.29, 0.717) is 19.6 Å². The number of carbonyl (C=O) groups is 1. The Labute approximate surface area is 157 Å². The van der Waals surface area contributed by atoms with Crippen LogP contribution in [0.5, 0.6) is 5.75 Å². The molecule has 6 heteroatoms. The van der Waals surface area contributed by atoms with Crippen LogP contribution < -0.4 is 15.8 Å². The van der Waals surface area contributed by atoms with E-state index in [-0.39, 0.29) is 18.3 Å². The number of ether oxygens (including phenoxy) is 1. The average Bonchev–Trinajstić information content (AvgIpc) is 2.56. The maximum absolute atomic E-state index is 12.0. The van der Waals surface area contributed by atoms with Gasteiger partial charge in [-0.05, 0) is 48.7 Å². The SMILES string of the molecule is Cl.NCCOc1ccc(NC(=O)CCCc2ccccc2Br)cc1. The summed E-state index contributed by atoms with van der Waals surface area (Å²) in [5.74, 6) is 0.773. The molecule has 0 saturated carbocycles. The number of amides is 1. The van der Waals surface area contributed by atoms with Crippen LogP contribution in [0.3, 0.4) is 0 Å². The highest BCUT2D eigenvalue weighted by Crippen LogP contribution is 2.19. The van der Waals surface area contributed by atoms with E-state index in [2.05, 4.69) is 27.3 Å². The van der Waals surface area contributed by atoms with Gasteiger partial charge in [0, 0.05) is 23.1 Å². The fourth-order valence-corrected chi connectivity index (χ4v) is 2.66. The van der Waals surface area contributed by atoms with Gasteiger partial charge >= 0.3 is 0 Å². The van der Waals surface area contributed by atoms with Crippen LogP contribution in [0.2, 0.25) is 0 Å². The molecule has 24 heavy (non-hydrogen) atoms. The van der Waals surface area contributed by atoms with E-state index in [4.69, 9.17) is 10.5 Å². The zero-order valence-corrected chi connectivity index (χ0v) is 15.7. The quantitative estimate of drug-likeness (QED) is 0.682. The first-order valence-electron chi connectivity index (χ1n) is 7.65. The second-order valence-corrected chi connectivity index (χ2v) is 6.01. The number of carbonyl (C=O) groups excluding carboxylic acids is 1. The Morgan fingerprint density at radius 3 is 2.50 bits per heavy atom. The topological polar surface area (TPSA) is 64.3 Å². The van der Waals surface area contributed by atoms with Crippen LogP contribution in [0.1, 0.15) is 18.4 Å². The van der Waals surface area contributed by atoms with Crippen LogP contribution in [0.15, 0.2) is 53.0 Å². The number of halogens is 2. The highest BCUT2D eigenvalue weighted by Gasteiger charge is 2.04. The summed E-state index contributed by atoms with van der Waals surface area (Å²) >= 11 is 3.52. The molecule has 2 aromatic carbocycles. The second kappa shape index (κ2) is 11.1. The molecule has 0 aliphatic heterocycles. The number of aryl methyl sites for hydroxylation is 1. The number of nitrogens with one attached hydrogen (secondary N) is 1. The smallest absolute Gasteiger partial charge is 0.224 e. The van der Waals surface area contributed by atoms with Crippen LogP contribution in [0.25, 0.3) is 0 Å². The maximum Gasteiger partial charge on any atom is 0.224 e. The van der Waals surface area contributed by atoms with E-state index in [1.54, 1.807) is 0 Å². The van der Waals surface area contributed by atoms with Crippen molar-refractivity contribution in [2.24, 2.45) is 5.73 Å². The van der Waals surface area contributed by atoms with Gasteiger partial charge in [-0.3, -0.25) is 4.79 Å². The first-order valence-corrected chi connectivity index (χ1v) is 8.44. The highest BCUT2D eigenvalue weighted by atomic mass is 79.9. The van der Waals surface area contributed by atoms with E-state index in [0.717, 1.165) is 28.8 Å². The van der Waals surface area contributed by atoms with Gasteiger partial charge in [0.2, 0.25) is 5.91 Å². The van der Waals surface area contributed by atoms with Crippen molar-refractivity contribution in [2.45, 2.75) is 19.3 Å². The van der Waals surface area contributed by atoms with E-state index < -0.39 is 0 Å². The van der Waals surface area contributed by atoms with E-state index in [1.807, 2.05) is 42.5 Å². The molecule has 0 radical (unpaired) electrons. The van der Waals surface area contributed by atoms with Crippen LogP contribution in [-0.4, -0.2) is 19.1 Å². The van der Waals surface area contributed by atoms with Crippen LogP contribution in [0.4, 0.5) is 5.69 Å². The van der Waals surface area contributed by atoms with Gasteiger partial charge in [0.25, 0.3) is 0 Å². The largest absolute Gasteiger partial charge is 0.492 e. The van der Waals surface area contributed by atoms with Gasteiger partial charge in [-0.1, -0.05) is 34.1 Å². The van der Waals surface area contributed by atoms with Crippen molar-refractivity contribution >= 4 is 39.9 Å². The number of anilines is 1. The molecule has 2 rings (SSSR count). The zero-order chi connectivity index (χ0) is 16.5. The number of rotatable bonds is 8. The molecule has 2 aromatic rings. The molecule has 0 fully saturated rings. The van der Waals surface area contributed by atoms with Gasteiger partial charge in [0.1, 0.15) is 12.4 Å². The summed E-state index contributed by atoms with van der Waals surface area (Å²) in [6.45, 7) is 0.969. The lowest BCUT2D eigenvalue weighted by atomic mass is 10.1. The molecule has 0 heterocycles. The first kappa shape index (κ1) is 20.5. The molecule has 0 saturated heterocycles. The van der Waals surface area contributed by atoms with Gasteiger partial charge in [-0.2, -0.15) is 0 Å². The summed E-state index contributed by atoms with van der Waals surface area (Å²) in [7, 11) is 0. The summed E-state index contributed by atoms with van der Waals surface area (Å²) in [6.07, 6.45) is 2.18. The molecule has 4 nitrogen and oxygen atoms in total. The maximum atomic E-state index is 12.0. The van der Waals surface area contributed by atoms with Crippen molar-refractivity contribution in [1.29, 1.82) is 0 Å². The molecule has 0 aromatic heterocycles. The molecule has 0 aliphatic rings. The van der Waals surface area contributed by atoms with Gasteiger partial charge < -0.3 is 15.8 Å². The second-order valence-electron chi connectivity index (χ2n) is 5.15. The van der Waals surface area contributed by atoms with Crippen molar-refractivity contribution in [3.05, 3.63) is 58.6 Å².